The second kappa shape index (κ2) is 5.12. The lowest BCUT2D eigenvalue weighted by Gasteiger charge is -2.27. The van der Waals surface area contributed by atoms with Crippen molar-refractivity contribution >= 4 is 5.97 Å². The zero-order chi connectivity index (χ0) is 11.4. The van der Waals surface area contributed by atoms with E-state index < -0.39 is 0 Å². The standard InChI is InChI=1S/C13H16O3/c1-10-9-12(14)16-13(15-10)8-7-11-5-3-2-4-6-11/h2-6,10,13H,7-9H2,1H3/t10-,13-/m0/s1. The maximum atomic E-state index is 11.2. The summed E-state index contributed by atoms with van der Waals surface area (Å²) in [5.74, 6) is -0.156. The average molecular weight is 220 g/mol. The highest BCUT2D eigenvalue weighted by Crippen LogP contribution is 2.17. The van der Waals surface area contributed by atoms with Gasteiger partial charge in [-0.15, -0.1) is 0 Å². The van der Waals surface area contributed by atoms with E-state index in [9.17, 15) is 4.79 Å². The minimum absolute atomic E-state index is 0.0259. The second-order valence-corrected chi connectivity index (χ2v) is 4.09. The Bertz CT molecular complexity index is 347. The molecular formula is C13H16O3. The number of rotatable bonds is 3. The Balaban J connectivity index is 1.84. The number of benzene rings is 1. The summed E-state index contributed by atoms with van der Waals surface area (Å²) < 4.78 is 10.7. The van der Waals surface area contributed by atoms with Crippen LogP contribution in [0.2, 0.25) is 0 Å². The van der Waals surface area contributed by atoms with E-state index >= 15 is 0 Å². The summed E-state index contributed by atoms with van der Waals surface area (Å²) in [5.41, 5.74) is 1.24. The number of aryl methyl sites for hydroxylation is 1. The summed E-state index contributed by atoms with van der Waals surface area (Å²) in [6.07, 6.45) is 1.55. The van der Waals surface area contributed by atoms with E-state index in [1.54, 1.807) is 0 Å². The van der Waals surface area contributed by atoms with Gasteiger partial charge in [-0.3, -0.25) is 4.79 Å². The van der Waals surface area contributed by atoms with E-state index in [-0.39, 0.29) is 18.4 Å². The highest BCUT2D eigenvalue weighted by Gasteiger charge is 2.25. The number of hydrogen-bond acceptors (Lipinski definition) is 3. The van der Waals surface area contributed by atoms with Gasteiger partial charge < -0.3 is 9.47 Å². The molecule has 1 aromatic rings. The Morgan fingerprint density at radius 3 is 2.75 bits per heavy atom. The monoisotopic (exact) mass is 220 g/mol. The number of carbonyl (C=O) groups is 1. The predicted octanol–water partition coefficient (Wildman–Crippen LogP) is 2.30. The molecule has 0 unspecified atom stereocenters. The Morgan fingerprint density at radius 2 is 2.06 bits per heavy atom. The highest BCUT2D eigenvalue weighted by atomic mass is 16.7. The summed E-state index contributed by atoms with van der Waals surface area (Å²) in [6.45, 7) is 1.90. The molecule has 3 heteroatoms. The van der Waals surface area contributed by atoms with Crippen LogP contribution in [0.5, 0.6) is 0 Å². The van der Waals surface area contributed by atoms with Gasteiger partial charge in [-0.1, -0.05) is 30.3 Å². The third kappa shape index (κ3) is 3.07. The molecule has 86 valence electrons. The number of hydrogen-bond donors (Lipinski definition) is 0. The largest absolute Gasteiger partial charge is 0.436 e. The summed E-state index contributed by atoms with van der Waals surface area (Å²) in [7, 11) is 0. The molecule has 2 rings (SSSR count). The second-order valence-electron chi connectivity index (χ2n) is 4.09. The highest BCUT2D eigenvalue weighted by molar-refractivity contribution is 5.70. The van der Waals surface area contributed by atoms with E-state index in [0.717, 1.165) is 12.8 Å². The first-order chi connectivity index (χ1) is 7.74. The first-order valence-electron chi connectivity index (χ1n) is 5.63. The van der Waals surface area contributed by atoms with E-state index in [0.29, 0.717) is 6.42 Å². The van der Waals surface area contributed by atoms with Crippen LogP contribution in [0, 0.1) is 0 Å². The Kier molecular flexibility index (Phi) is 3.57. The van der Waals surface area contributed by atoms with Crippen LogP contribution >= 0.6 is 0 Å². The summed E-state index contributed by atoms with van der Waals surface area (Å²) in [4.78, 5) is 11.2. The molecule has 1 heterocycles. The molecular weight excluding hydrogens is 204 g/mol. The van der Waals surface area contributed by atoms with Crippen LogP contribution in [-0.2, 0) is 20.7 Å². The van der Waals surface area contributed by atoms with Gasteiger partial charge in [0.2, 0.25) is 6.29 Å². The normalized spacial score (nSPS) is 25.2. The van der Waals surface area contributed by atoms with Crippen molar-refractivity contribution in [3.05, 3.63) is 35.9 Å². The minimum Gasteiger partial charge on any atom is -0.436 e. The molecule has 0 amide bonds. The van der Waals surface area contributed by atoms with Crippen molar-refractivity contribution in [3.8, 4) is 0 Å². The fourth-order valence-corrected chi connectivity index (χ4v) is 1.82. The van der Waals surface area contributed by atoms with Crippen LogP contribution in [0.4, 0.5) is 0 Å². The first-order valence-corrected chi connectivity index (χ1v) is 5.63. The lowest BCUT2D eigenvalue weighted by Crippen LogP contribution is -2.34. The minimum atomic E-state index is -0.378. The zero-order valence-corrected chi connectivity index (χ0v) is 9.39. The Morgan fingerprint density at radius 1 is 1.31 bits per heavy atom. The van der Waals surface area contributed by atoms with E-state index in [1.807, 2.05) is 25.1 Å². The molecule has 3 nitrogen and oxygen atoms in total. The number of ether oxygens (including phenoxy) is 2. The van der Waals surface area contributed by atoms with Gasteiger partial charge in [0, 0.05) is 6.42 Å². The topological polar surface area (TPSA) is 35.5 Å². The molecule has 1 aliphatic rings. The van der Waals surface area contributed by atoms with Crippen molar-refractivity contribution < 1.29 is 14.3 Å². The van der Waals surface area contributed by atoms with Crippen LogP contribution in [-0.4, -0.2) is 18.4 Å². The first kappa shape index (κ1) is 11.1. The van der Waals surface area contributed by atoms with Gasteiger partial charge >= 0.3 is 5.97 Å². The maximum absolute atomic E-state index is 11.2. The smallest absolute Gasteiger partial charge is 0.310 e. The molecule has 0 spiro atoms. The molecule has 0 N–H and O–H groups in total. The van der Waals surface area contributed by atoms with Crippen molar-refractivity contribution in [1.82, 2.24) is 0 Å². The summed E-state index contributed by atoms with van der Waals surface area (Å²) in [5, 5.41) is 0. The number of cyclic esters (lactones) is 1. The number of carbonyl (C=O) groups excluding carboxylic acids is 1. The molecule has 0 aliphatic carbocycles. The zero-order valence-electron chi connectivity index (χ0n) is 9.39. The lowest BCUT2D eigenvalue weighted by atomic mass is 10.1. The Hall–Kier alpha value is -1.35. The quantitative estimate of drug-likeness (QED) is 0.733. The van der Waals surface area contributed by atoms with E-state index in [1.165, 1.54) is 5.56 Å². The summed E-state index contributed by atoms with van der Waals surface area (Å²) in [6, 6.07) is 10.1. The van der Waals surface area contributed by atoms with Gasteiger partial charge in [0.15, 0.2) is 0 Å². The molecule has 1 aromatic carbocycles. The van der Waals surface area contributed by atoms with Crippen LogP contribution in [0.1, 0.15) is 25.3 Å². The van der Waals surface area contributed by atoms with E-state index in [2.05, 4.69) is 12.1 Å². The van der Waals surface area contributed by atoms with Crippen molar-refractivity contribution in [2.75, 3.05) is 0 Å². The molecule has 16 heavy (non-hydrogen) atoms. The van der Waals surface area contributed by atoms with Crippen LogP contribution in [0.3, 0.4) is 0 Å². The van der Waals surface area contributed by atoms with Gasteiger partial charge in [-0.2, -0.15) is 0 Å². The SMILES string of the molecule is C[C@H]1CC(=O)O[C@@H](CCc2ccccc2)O1. The Labute approximate surface area is 95.4 Å². The third-order valence-electron chi connectivity index (χ3n) is 2.61. The van der Waals surface area contributed by atoms with Gasteiger partial charge in [-0.05, 0) is 18.9 Å². The third-order valence-corrected chi connectivity index (χ3v) is 2.61. The van der Waals surface area contributed by atoms with Crippen LogP contribution in [0.25, 0.3) is 0 Å². The molecule has 0 aromatic heterocycles. The molecule has 1 saturated heterocycles. The van der Waals surface area contributed by atoms with Crippen molar-refractivity contribution in [2.45, 2.75) is 38.6 Å². The molecule has 0 bridgehead atoms. The van der Waals surface area contributed by atoms with Crippen molar-refractivity contribution in [2.24, 2.45) is 0 Å². The van der Waals surface area contributed by atoms with Gasteiger partial charge in [0.1, 0.15) is 0 Å². The maximum Gasteiger partial charge on any atom is 0.310 e. The fraction of sp³-hybridized carbons (Fsp3) is 0.462. The molecule has 0 saturated carbocycles. The van der Waals surface area contributed by atoms with Crippen molar-refractivity contribution in [3.63, 3.8) is 0 Å². The molecule has 0 radical (unpaired) electrons. The predicted molar refractivity (Wildman–Crippen MR) is 59.8 cm³/mol. The van der Waals surface area contributed by atoms with Crippen LogP contribution < -0.4 is 0 Å². The summed E-state index contributed by atoms with van der Waals surface area (Å²) >= 11 is 0. The fourth-order valence-electron chi connectivity index (χ4n) is 1.82. The van der Waals surface area contributed by atoms with E-state index in [4.69, 9.17) is 9.47 Å². The average Bonchev–Trinajstić information content (AvgIpc) is 2.27. The van der Waals surface area contributed by atoms with Gasteiger partial charge in [0.05, 0.1) is 12.5 Å². The number of esters is 1. The van der Waals surface area contributed by atoms with Crippen LogP contribution in [0.15, 0.2) is 30.3 Å². The molecule has 2 atom stereocenters. The molecule has 1 fully saturated rings. The van der Waals surface area contributed by atoms with Crippen molar-refractivity contribution in [1.29, 1.82) is 0 Å². The van der Waals surface area contributed by atoms with Gasteiger partial charge in [-0.25, -0.2) is 0 Å². The van der Waals surface area contributed by atoms with Gasteiger partial charge in [0.25, 0.3) is 0 Å². The lowest BCUT2D eigenvalue weighted by molar-refractivity contribution is -0.213. The molecule has 1 aliphatic heterocycles.